The molecule has 0 aliphatic heterocycles. The lowest BCUT2D eigenvalue weighted by atomic mass is 10.1. The number of halogens is 1. The number of hydrogen-bond acceptors (Lipinski definition) is 3. The summed E-state index contributed by atoms with van der Waals surface area (Å²) < 4.78 is 24.1. The van der Waals surface area contributed by atoms with Crippen LogP contribution in [0.25, 0.3) is 0 Å². The highest BCUT2D eigenvalue weighted by Gasteiger charge is 2.10. The predicted molar refractivity (Wildman–Crippen MR) is 90.3 cm³/mol. The molecule has 0 unspecified atom stereocenters. The van der Waals surface area contributed by atoms with Gasteiger partial charge in [-0.2, -0.15) is 0 Å². The van der Waals surface area contributed by atoms with Crippen molar-refractivity contribution in [2.45, 2.75) is 39.5 Å². The van der Waals surface area contributed by atoms with Gasteiger partial charge in [-0.1, -0.05) is 18.2 Å². The second kappa shape index (κ2) is 7.47. The summed E-state index contributed by atoms with van der Waals surface area (Å²) in [6.07, 6.45) is 0. The first-order valence-corrected chi connectivity index (χ1v) is 7.66. The molecule has 0 spiro atoms. The highest BCUT2D eigenvalue weighted by Crippen LogP contribution is 2.29. The molecule has 0 bridgehead atoms. The van der Waals surface area contributed by atoms with Crippen LogP contribution in [0.5, 0.6) is 11.5 Å². The van der Waals surface area contributed by atoms with Gasteiger partial charge in [0, 0.05) is 12.1 Å². The molecule has 0 saturated carbocycles. The van der Waals surface area contributed by atoms with Gasteiger partial charge in [-0.3, -0.25) is 0 Å². The lowest BCUT2D eigenvalue weighted by Gasteiger charge is -2.21. The van der Waals surface area contributed by atoms with Crippen LogP contribution in [0.15, 0.2) is 42.5 Å². The Labute approximate surface area is 137 Å². The monoisotopic (exact) mass is 317 g/mol. The molecule has 2 aromatic rings. The van der Waals surface area contributed by atoms with Gasteiger partial charge < -0.3 is 14.8 Å². The van der Waals surface area contributed by atoms with E-state index in [1.54, 1.807) is 19.2 Å². The topological polar surface area (TPSA) is 30.5 Å². The van der Waals surface area contributed by atoms with E-state index in [4.69, 9.17) is 9.47 Å². The summed E-state index contributed by atoms with van der Waals surface area (Å²) in [4.78, 5) is 0. The summed E-state index contributed by atoms with van der Waals surface area (Å²) in [6, 6.07) is 12.2. The van der Waals surface area contributed by atoms with Crippen LogP contribution in [0.2, 0.25) is 0 Å². The van der Waals surface area contributed by atoms with Crippen LogP contribution >= 0.6 is 0 Å². The highest BCUT2D eigenvalue weighted by molar-refractivity contribution is 5.43. The Morgan fingerprint density at radius 2 is 1.61 bits per heavy atom. The number of ether oxygens (including phenoxy) is 2. The lowest BCUT2D eigenvalue weighted by Crippen LogP contribution is -2.35. The molecule has 0 radical (unpaired) electrons. The van der Waals surface area contributed by atoms with Crippen molar-refractivity contribution >= 4 is 0 Å². The van der Waals surface area contributed by atoms with Gasteiger partial charge in [-0.15, -0.1) is 0 Å². The quantitative estimate of drug-likeness (QED) is 0.861. The fourth-order valence-corrected chi connectivity index (χ4v) is 2.05. The van der Waals surface area contributed by atoms with E-state index in [1.807, 2.05) is 18.2 Å². The molecule has 0 amide bonds. The summed E-state index contributed by atoms with van der Waals surface area (Å²) >= 11 is 0. The first-order valence-electron chi connectivity index (χ1n) is 7.66. The highest BCUT2D eigenvalue weighted by atomic mass is 19.1. The van der Waals surface area contributed by atoms with Gasteiger partial charge in [0.2, 0.25) is 0 Å². The average Bonchev–Trinajstić information content (AvgIpc) is 2.52. The van der Waals surface area contributed by atoms with E-state index in [0.717, 1.165) is 17.7 Å². The largest absolute Gasteiger partial charge is 0.493 e. The van der Waals surface area contributed by atoms with E-state index in [9.17, 15) is 4.39 Å². The summed E-state index contributed by atoms with van der Waals surface area (Å²) in [6.45, 7) is 7.52. The first kappa shape index (κ1) is 17.3. The van der Waals surface area contributed by atoms with E-state index >= 15 is 0 Å². The van der Waals surface area contributed by atoms with Crippen LogP contribution in [0.4, 0.5) is 4.39 Å². The van der Waals surface area contributed by atoms with Crippen molar-refractivity contribution in [2.24, 2.45) is 0 Å². The Kier molecular flexibility index (Phi) is 5.61. The molecular formula is C19H24FNO2. The van der Waals surface area contributed by atoms with Gasteiger partial charge in [0.1, 0.15) is 12.4 Å². The van der Waals surface area contributed by atoms with Crippen LogP contribution in [-0.4, -0.2) is 12.6 Å². The summed E-state index contributed by atoms with van der Waals surface area (Å²) in [7, 11) is 1.63. The number of methoxy groups -OCH3 is 1. The minimum absolute atomic E-state index is 0.0605. The van der Waals surface area contributed by atoms with Crippen molar-refractivity contribution in [1.29, 1.82) is 0 Å². The molecule has 0 fully saturated rings. The molecule has 4 heteroatoms. The second-order valence-electron chi connectivity index (χ2n) is 6.50. The van der Waals surface area contributed by atoms with E-state index in [-0.39, 0.29) is 11.4 Å². The van der Waals surface area contributed by atoms with E-state index in [0.29, 0.717) is 18.1 Å². The van der Waals surface area contributed by atoms with Crippen molar-refractivity contribution in [3.8, 4) is 11.5 Å². The normalized spacial score (nSPS) is 11.3. The average molecular weight is 317 g/mol. The third-order valence-corrected chi connectivity index (χ3v) is 3.36. The van der Waals surface area contributed by atoms with Crippen molar-refractivity contribution in [1.82, 2.24) is 5.32 Å². The minimum Gasteiger partial charge on any atom is -0.493 e. The Hall–Kier alpha value is -2.07. The Bertz CT molecular complexity index is 633. The number of nitrogens with one attached hydrogen (secondary N) is 1. The zero-order valence-electron chi connectivity index (χ0n) is 14.2. The van der Waals surface area contributed by atoms with Gasteiger partial charge >= 0.3 is 0 Å². The van der Waals surface area contributed by atoms with Gasteiger partial charge in [0.05, 0.1) is 7.11 Å². The van der Waals surface area contributed by atoms with Crippen LogP contribution in [0.3, 0.4) is 0 Å². The van der Waals surface area contributed by atoms with Gasteiger partial charge in [0.15, 0.2) is 11.5 Å². The molecule has 2 aromatic carbocycles. The van der Waals surface area contributed by atoms with E-state index in [2.05, 4.69) is 26.1 Å². The van der Waals surface area contributed by atoms with Crippen LogP contribution in [-0.2, 0) is 13.2 Å². The molecule has 0 aromatic heterocycles. The van der Waals surface area contributed by atoms with Crippen molar-refractivity contribution in [2.75, 3.05) is 7.11 Å². The van der Waals surface area contributed by atoms with Crippen molar-refractivity contribution in [3.05, 3.63) is 59.4 Å². The third kappa shape index (κ3) is 5.57. The van der Waals surface area contributed by atoms with Crippen LogP contribution < -0.4 is 14.8 Å². The minimum atomic E-state index is -0.248. The maximum absolute atomic E-state index is 12.9. The molecule has 0 heterocycles. The molecule has 2 rings (SSSR count). The maximum Gasteiger partial charge on any atom is 0.161 e. The Morgan fingerprint density at radius 1 is 0.957 bits per heavy atom. The maximum atomic E-state index is 12.9. The van der Waals surface area contributed by atoms with E-state index in [1.165, 1.54) is 12.1 Å². The van der Waals surface area contributed by atoms with Crippen molar-refractivity contribution in [3.63, 3.8) is 0 Å². The standard InChI is InChI=1S/C19H24FNO2/c1-19(2,3)21-12-15-7-10-17(18(11-15)22-4)23-13-14-5-8-16(20)9-6-14/h5-11,21H,12-13H2,1-4H3. The number of hydrogen-bond donors (Lipinski definition) is 1. The zero-order chi connectivity index (χ0) is 16.9. The number of rotatable bonds is 6. The summed E-state index contributed by atoms with van der Waals surface area (Å²) in [5.74, 6) is 1.12. The molecule has 124 valence electrons. The van der Waals surface area contributed by atoms with Gasteiger partial charge in [0.25, 0.3) is 0 Å². The smallest absolute Gasteiger partial charge is 0.161 e. The summed E-state index contributed by atoms with van der Waals surface area (Å²) in [5.41, 5.74) is 2.10. The van der Waals surface area contributed by atoms with Crippen molar-refractivity contribution < 1.29 is 13.9 Å². The van der Waals surface area contributed by atoms with E-state index < -0.39 is 0 Å². The van der Waals surface area contributed by atoms with Crippen LogP contribution in [0.1, 0.15) is 31.9 Å². The second-order valence-corrected chi connectivity index (χ2v) is 6.50. The third-order valence-electron chi connectivity index (χ3n) is 3.36. The molecule has 23 heavy (non-hydrogen) atoms. The predicted octanol–water partition coefficient (Wildman–Crippen LogP) is 4.30. The molecule has 0 atom stereocenters. The molecule has 0 aliphatic carbocycles. The van der Waals surface area contributed by atoms with Gasteiger partial charge in [-0.25, -0.2) is 4.39 Å². The molecule has 0 aliphatic rings. The molecule has 0 saturated heterocycles. The SMILES string of the molecule is COc1cc(CNC(C)(C)C)ccc1OCc1ccc(F)cc1. The Morgan fingerprint density at radius 3 is 2.22 bits per heavy atom. The zero-order valence-corrected chi connectivity index (χ0v) is 14.2. The molecular weight excluding hydrogens is 293 g/mol. The molecule has 1 N–H and O–H groups in total. The lowest BCUT2D eigenvalue weighted by molar-refractivity contribution is 0.284. The number of benzene rings is 2. The van der Waals surface area contributed by atoms with Crippen LogP contribution in [0, 0.1) is 5.82 Å². The van der Waals surface area contributed by atoms with Gasteiger partial charge in [-0.05, 0) is 56.2 Å². The molecule has 3 nitrogen and oxygen atoms in total. The fourth-order valence-electron chi connectivity index (χ4n) is 2.05. The first-order chi connectivity index (χ1) is 10.9. The fraction of sp³-hybridized carbons (Fsp3) is 0.368. The Balaban J connectivity index is 2.02. The summed E-state index contributed by atoms with van der Waals surface area (Å²) in [5, 5.41) is 3.44.